The molecule has 0 saturated carbocycles. The zero-order chi connectivity index (χ0) is 16.2. The van der Waals surface area contributed by atoms with Crippen LogP contribution in [0.4, 0.5) is 4.39 Å². The van der Waals surface area contributed by atoms with Crippen molar-refractivity contribution >= 4 is 11.8 Å². The van der Waals surface area contributed by atoms with Crippen LogP contribution in [0.2, 0.25) is 0 Å². The van der Waals surface area contributed by atoms with Crippen LogP contribution in [-0.2, 0) is 5.75 Å². The summed E-state index contributed by atoms with van der Waals surface area (Å²) in [6.45, 7) is 4.18. The number of thioether (sulfide) groups is 1. The lowest BCUT2D eigenvalue weighted by atomic mass is 10.0. The van der Waals surface area contributed by atoms with E-state index in [0.29, 0.717) is 11.3 Å². The Bertz CT molecular complexity index is 816. The highest BCUT2D eigenvalue weighted by atomic mass is 32.2. The number of aryl methyl sites for hydroxylation is 2. The molecule has 4 heteroatoms. The predicted octanol–water partition coefficient (Wildman–Crippen LogP) is 5.19. The minimum atomic E-state index is -0.181. The van der Waals surface area contributed by atoms with Gasteiger partial charge in [0.15, 0.2) is 0 Å². The topological polar surface area (TPSA) is 25.8 Å². The summed E-state index contributed by atoms with van der Waals surface area (Å²) >= 11 is 1.48. The average molecular weight is 324 g/mol. The van der Waals surface area contributed by atoms with Gasteiger partial charge >= 0.3 is 0 Å². The van der Waals surface area contributed by atoms with Crippen molar-refractivity contribution < 1.29 is 4.39 Å². The standard InChI is InChI=1S/C19H17FN2S/c1-13-7-8-15(11-14(13)2)18-9-10-19(22-21-18)23-12-16-5-3-4-6-17(16)20/h3-11H,12H2,1-2H3. The molecule has 0 bridgehead atoms. The first-order valence-corrected chi connectivity index (χ1v) is 8.39. The van der Waals surface area contributed by atoms with Gasteiger partial charge in [-0.15, -0.1) is 10.2 Å². The summed E-state index contributed by atoms with van der Waals surface area (Å²) in [6.07, 6.45) is 0. The van der Waals surface area contributed by atoms with E-state index in [-0.39, 0.29) is 5.82 Å². The second-order valence-corrected chi connectivity index (χ2v) is 6.43. The van der Waals surface area contributed by atoms with Crippen LogP contribution in [0.25, 0.3) is 11.3 Å². The number of benzene rings is 2. The van der Waals surface area contributed by atoms with Gasteiger partial charge in [0.05, 0.1) is 5.69 Å². The van der Waals surface area contributed by atoms with Crippen molar-refractivity contribution in [2.75, 3.05) is 0 Å². The van der Waals surface area contributed by atoms with Crippen LogP contribution < -0.4 is 0 Å². The van der Waals surface area contributed by atoms with Crippen LogP contribution in [-0.4, -0.2) is 10.2 Å². The van der Waals surface area contributed by atoms with Gasteiger partial charge in [-0.1, -0.05) is 42.1 Å². The monoisotopic (exact) mass is 324 g/mol. The molecular weight excluding hydrogens is 307 g/mol. The Morgan fingerprint density at radius 1 is 0.913 bits per heavy atom. The fourth-order valence-electron chi connectivity index (χ4n) is 2.22. The van der Waals surface area contributed by atoms with Crippen LogP contribution in [0.1, 0.15) is 16.7 Å². The summed E-state index contributed by atoms with van der Waals surface area (Å²) in [5, 5.41) is 9.32. The van der Waals surface area contributed by atoms with Gasteiger partial charge in [0.1, 0.15) is 10.8 Å². The molecule has 0 amide bonds. The Balaban J connectivity index is 1.72. The highest BCUT2D eigenvalue weighted by molar-refractivity contribution is 7.98. The molecule has 0 aliphatic rings. The number of halogens is 1. The minimum absolute atomic E-state index is 0.181. The summed E-state index contributed by atoms with van der Waals surface area (Å²) in [5.74, 6) is 0.365. The Hall–Kier alpha value is -2.20. The average Bonchev–Trinajstić information content (AvgIpc) is 2.57. The maximum Gasteiger partial charge on any atom is 0.127 e. The van der Waals surface area contributed by atoms with Crippen molar-refractivity contribution in [3.63, 3.8) is 0 Å². The van der Waals surface area contributed by atoms with Gasteiger partial charge in [-0.3, -0.25) is 0 Å². The van der Waals surface area contributed by atoms with E-state index in [1.165, 1.54) is 29.0 Å². The molecule has 3 aromatic rings. The fraction of sp³-hybridized carbons (Fsp3) is 0.158. The van der Waals surface area contributed by atoms with E-state index in [4.69, 9.17) is 0 Å². The van der Waals surface area contributed by atoms with Crippen molar-refractivity contribution in [3.8, 4) is 11.3 Å². The Morgan fingerprint density at radius 2 is 1.74 bits per heavy atom. The van der Waals surface area contributed by atoms with E-state index in [1.54, 1.807) is 12.1 Å². The highest BCUT2D eigenvalue weighted by Gasteiger charge is 2.05. The van der Waals surface area contributed by atoms with Crippen LogP contribution in [0, 0.1) is 19.7 Å². The van der Waals surface area contributed by atoms with Gasteiger partial charge in [0.25, 0.3) is 0 Å². The second-order valence-electron chi connectivity index (χ2n) is 5.44. The highest BCUT2D eigenvalue weighted by Crippen LogP contribution is 2.24. The van der Waals surface area contributed by atoms with Gasteiger partial charge in [-0.25, -0.2) is 4.39 Å². The van der Waals surface area contributed by atoms with Crippen LogP contribution in [0.5, 0.6) is 0 Å². The van der Waals surface area contributed by atoms with Gasteiger partial charge in [-0.05, 0) is 54.8 Å². The van der Waals surface area contributed by atoms with E-state index >= 15 is 0 Å². The quantitative estimate of drug-likeness (QED) is 0.618. The van der Waals surface area contributed by atoms with E-state index in [0.717, 1.165) is 16.3 Å². The second kappa shape index (κ2) is 6.92. The lowest BCUT2D eigenvalue weighted by Crippen LogP contribution is -1.92. The summed E-state index contributed by atoms with van der Waals surface area (Å²) in [4.78, 5) is 0. The summed E-state index contributed by atoms with van der Waals surface area (Å²) in [5.41, 5.74) is 5.09. The van der Waals surface area contributed by atoms with E-state index < -0.39 is 0 Å². The number of nitrogens with zero attached hydrogens (tertiary/aromatic N) is 2. The molecular formula is C19H17FN2S. The fourth-order valence-corrected chi connectivity index (χ4v) is 3.02. The third kappa shape index (κ3) is 3.77. The number of aromatic nitrogens is 2. The van der Waals surface area contributed by atoms with Crippen LogP contribution in [0.3, 0.4) is 0 Å². The third-order valence-electron chi connectivity index (χ3n) is 3.78. The Labute approximate surface area is 139 Å². The summed E-state index contributed by atoms with van der Waals surface area (Å²) < 4.78 is 13.6. The molecule has 0 saturated heterocycles. The zero-order valence-electron chi connectivity index (χ0n) is 13.1. The molecule has 0 radical (unpaired) electrons. The maximum atomic E-state index is 13.6. The first-order valence-electron chi connectivity index (χ1n) is 7.41. The minimum Gasteiger partial charge on any atom is -0.207 e. The normalized spacial score (nSPS) is 10.7. The molecule has 1 aromatic heterocycles. The molecule has 0 spiro atoms. The molecule has 0 atom stereocenters. The van der Waals surface area contributed by atoms with Crippen LogP contribution >= 0.6 is 11.8 Å². The molecule has 0 N–H and O–H groups in total. The number of rotatable bonds is 4. The van der Waals surface area contributed by atoms with Gasteiger partial charge in [-0.2, -0.15) is 0 Å². The van der Waals surface area contributed by atoms with Crippen molar-refractivity contribution in [1.82, 2.24) is 10.2 Å². The van der Waals surface area contributed by atoms with Crippen molar-refractivity contribution in [2.24, 2.45) is 0 Å². The molecule has 2 nitrogen and oxygen atoms in total. The largest absolute Gasteiger partial charge is 0.207 e. The smallest absolute Gasteiger partial charge is 0.127 e. The Kier molecular flexibility index (Phi) is 4.72. The molecule has 0 fully saturated rings. The first kappa shape index (κ1) is 15.7. The lowest BCUT2D eigenvalue weighted by Gasteiger charge is -2.06. The van der Waals surface area contributed by atoms with E-state index in [9.17, 15) is 4.39 Å². The molecule has 0 unspecified atom stereocenters. The first-order chi connectivity index (χ1) is 11.1. The van der Waals surface area contributed by atoms with Gasteiger partial charge in [0.2, 0.25) is 0 Å². The molecule has 0 aliphatic carbocycles. The molecule has 1 heterocycles. The summed E-state index contributed by atoms with van der Waals surface area (Å²) in [6, 6.07) is 17.0. The van der Waals surface area contributed by atoms with Crippen molar-refractivity contribution in [2.45, 2.75) is 24.6 Å². The van der Waals surface area contributed by atoms with Gasteiger partial charge in [0, 0.05) is 11.3 Å². The summed E-state index contributed by atoms with van der Waals surface area (Å²) in [7, 11) is 0. The van der Waals surface area contributed by atoms with Crippen molar-refractivity contribution in [1.29, 1.82) is 0 Å². The molecule has 23 heavy (non-hydrogen) atoms. The lowest BCUT2D eigenvalue weighted by molar-refractivity contribution is 0.617. The molecule has 0 aliphatic heterocycles. The number of hydrogen-bond donors (Lipinski definition) is 0. The molecule has 2 aromatic carbocycles. The Morgan fingerprint density at radius 3 is 2.43 bits per heavy atom. The van der Waals surface area contributed by atoms with Gasteiger partial charge < -0.3 is 0 Å². The molecule has 3 rings (SSSR count). The van der Waals surface area contributed by atoms with Crippen molar-refractivity contribution in [3.05, 3.63) is 77.1 Å². The van der Waals surface area contributed by atoms with E-state index in [1.807, 2.05) is 18.2 Å². The third-order valence-corrected chi connectivity index (χ3v) is 4.74. The van der Waals surface area contributed by atoms with E-state index in [2.05, 4.69) is 42.2 Å². The molecule has 116 valence electrons. The number of hydrogen-bond acceptors (Lipinski definition) is 3. The predicted molar refractivity (Wildman–Crippen MR) is 92.9 cm³/mol. The zero-order valence-corrected chi connectivity index (χ0v) is 13.9. The maximum absolute atomic E-state index is 13.6. The SMILES string of the molecule is Cc1ccc(-c2ccc(SCc3ccccc3F)nn2)cc1C. The van der Waals surface area contributed by atoms with Crippen LogP contribution in [0.15, 0.2) is 59.6 Å².